The van der Waals surface area contributed by atoms with Gasteiger partial charge in [-0.25, -0.2) is 0 Å². The zero-order valence-corrected chi connectivity index (χ0v) is 10.3. The largest absolute Gasteiger partial charge is 0.0617 e. The van der Waals surface area contributed by atoms with E-state index in [1.807, 2.05) is 0 Å². The van der Waals surface area contributed by atoms with Crippen molar-refractivity contribution in [3.05, 3.63) is 69.1 Å². The molecule has 0 heteroatoms. The topological polar surface area (TPSA) is 0 Å². The first kappa shape index (κ1) is 10.3. The van der Waals surface area contributed by atoms with E-state index in [-0.39, 0.29) is 0 Å². The summed E-state index contributed by atoms with van der Waals surface area (Å²) in [4.78, 5) is 0. The van der Waals surface area contributed by atoms with Gasteiger partial charge in [-0.3, -0.25) is 0 Å². The monoisotopic (exact) mass is 220 g/mol. The molecule has 2 aliphatic carbocycles. The van der Waals surface area contributed by atoms with Gasteiger partial charge in [-0.2, -0.15) is 0 Å². The van der Waals surface area contributed by atoms with Gasteiger partial charge in [0, 0.05) is 0 Å². The molecule has 0 fully saturated rings. The van der Waals surface area contributed by atoms with Crippen molar-refractivity contribution in [1.29, 1.82) is 0 Å². The molecule has 17 heavy (non-hydrogen) atoms. The van der Waals surface area contributed by atoms with Crippen LogP contribution >= 0.6 is 0 Å². The molecular weight excluding hydrogens is 204 g/mol. The summed E-state index contributed by atoms with van der Waals surface area (Å²) < 4.78 is 0. The van der Waals surface area contributed by atoms with E-state index in [1.54, 1.807) is 0 Å². The summed E-state index contributed by atoms with van der Waals surface area (Å²) in [5.41, 5.74) is 5.53. The average molecular weight is 220 g/mol. The van der Waals surface area contributed by atoms with E-state index in [4.69, 9.17) is 0 Å². The second-order valence-corrected chi connectivity index (χ2v) is 4.91. The lowest BCUT2D eigenvalue weighted by Gasteiger charge is -2.02. The maximum absolute atomic E-state index is 2.34. The summed E-state index contributed by atoms with van der Waals surface area (Å²) in [6, 6.07) is 6.68. The molecule has 0 unspecified atom stereocenters. The summed E-state index contributed by atoms with van der Waals surface area (Å²) in [7, 11) is 0. The SMILES string of the molecule is CC1=C2C=c3cc(C)ccc3=CC(=CC=C1)C2. The van der Waals surface area contributed by atoms with Crippen LogP contribution in [0.3, 0.4) is 0 Å². The van der Waals surface area contributed by atoms with E-state index < -0.39 is 0 Å². The van der Waals surface area contributed by atoms with Crippen molar-refractivity contribution in [2.45, 2.75) is 20.3 Å². The molecule has 1 aromatic rings. The molecule has 0 nitrogen and oxygen atoms in total. The number of allylic oxidation sites excluding steroid dienone is 6. The van der Waals surface area contributed by atoms with Crippen LogP contribution in [0.4, 0.5) is 0 Å². The van der Waals surface area contributed by atoms with Crippen LogP contribution in [0.5, 0.6) is 0 Å². The highest BCUT2D eigenvalue weighted by molar-refractivity contribution is 5.64. The normalized spacial score (nSPS) is 17.4. The van der Waals surface area contributed by atoms with Crippen LogP contribution in [-0.4, -0.2) is 0 Å². The number of hydrogen-bond acceptors (Lipinski definition) is 0. The van der Waals surface area contributed by atoms with Gasteiger partial charge in [0.25, 0.3) is 0 Å². The second kappa shape index (κ2) is 3.89. The van der Waals surface area contributed by atoms with Gasteiger partial charge in [-0.05, 0) is 47.4 Å². The van der Waals surface area contributed by atoms with E-state index in [2.05, 4.69) is 62.4 Å². The standard InChI is InChI=1S/C17H16/c1-12-6-7-15-9-14-5-3-4-13(2)16(10-14)11-17(15)8-12/h3-9,11H,10H2,1-2H3. The predicted molar refractivity (Wildman–Crippen MR) is 73.9 cm³/mol. The van der Waals surface area contributed by atoms with Crippen LogP contribution in [0.1, 0.15) is 18.9 Å². The lowest BCUT2D eigenvalue weighted by molar-refractivity contribution is 1.23. The Labute approximate surface area is 102 Å². The van der Waals surface area contributed by atoms with Crippen molar-refractivity contribution in [2.24, 2.45) is 0 Å². The first-order valence-corrected chi connectivity index (χ1v) is 6.09. The first-order chi connectivity index (χ1) is 8.22. The Balaban J connectivity index is 2.40. The minimum absolute atomic E-state index is 1.05. The lowest BCUT2D eigenvalue weighted by atomic mass is 10.0. The molecule has 0 atom stereocenters. The molecule has 1 aromatic carbocycles. The minimum atomic E-state index is 1.05. The van der Waals surface area contributed by atoms with Gasteiger partial charge in [0.05, 0.1) is 0 Å². The van der Waals surface area contributed by atoms with E-state index >= 15 is 0 Å². The molecule has 0 aromatic heterocycles. The van der Waals surface area contributed by atoms with Gasteiger partial charge < -0.3 is 0 Å². The van der Waals surface area contributed by atoms with Crippen molar-refractivity contribution in [1.82, 2.24) is 0 Å². The van der Waals surface area contributed by atoms with Gasteiger partial charge in [0.1, 0.15) is 0 Å². The van der Waals surface area contributed by atoms with Crippen LogP contribution in [0.2, 0.25) is 0 Å². The molecule has 0 heterocycles. The van der Waals surface area contributed by atoms with Crippen LogP contribution in [0.15, 0.2) is 53.1 Å². The third-order valence-corrected chi connectivity index (χ3v) is 3.47. The highest BCUT2D eigenvalue weighted by atomic mass is 14.1. The maximum Gasteiger partial charge on any atom is -0.00227 e. The molecule has 3 rings (SSSR count). The summed E-state index contributed by atoms with van der Waals surface area (Å²) in [6.07, 6.45) is 12.3. The maximum atomic E-state index is 2.34. The van der Waals surface area contributed by atoms with Crippen molar-refractivity contribution in [2.75, 3.05) is 0 Å². The third-order valence-electron chi connectivity index (χ3n) is 3.47. The predicted octanol–water partition coefficient (Wildman–Crippen LogP) is 2.77. The summed E-state index contributed by atoms with van der Waals surface area (Å²) >= 11 is 0. The quantitative estimate of drug-likeness (QED) is 0.630. The molecule has 0 N–H and O–H groups in total. The fourth-order valence-electron chi connectivity index (χ4n) is 2.44. The van der Waals surface area contributed by atoms with Gasteiger partial charge in [0.15, 0.2) is 0 Å². The fraction of sp³-hybridized carbons (Fsp3) is 0.176. The Bertz CT molecular complexity index is 679. The molecular formula is C17H16. The number of hydrogen-bond donors (Lipinski definition) is 0. The van der Waals surface area contributed by atoms with Gasteiger partial charge >= 0.3 is 0 Å². The molecule has 0 saturated carbocycles. The number of fused-ring (bicyclic) bond motifs is 3. The van der Waals surface area contributed by atoms with Crippen LogP contribution < -0.4 is 10.4 Å². The lowest BCUT2D eigenvalue weighted by Crippen LogP contribution is -2.23. The molecule has 2 bridgehead atoms. The fourth-order valence-corrected chi connectivity index (χ4v) is 2.44. The van der Waals surface area contributed by atoms with Crippen LogP contribution in [0.25, 0.3) is 12.2 Å². The molecule has 84 valence electrons. The molecule has 0 saturated heterocycles. The molecule has 0 radical (unpaired) electrons. The highest BCUT2D eigenvalue weighted by Crippen LogP contribution is 2.22. The van der Waals surface area contributed by atoms with Crippen molar-refractivity contribution in [3.8, 4) is 0 Å². The van der Waals surface area contributed by atoms with Crippen molar-refractivity contribution in [3.63, 3.8) is 0 Å². The number of benzene rings is 1. The summed E-state index contributed by atoms with van der Waals surface area (Å²) in [5, 5.41) is 2.68. The van der Waals surface area contributed by atoms with E-state index in [0.717, 1.165) is 6.42 Å². The Morgan fingerprint density at radius 3 is 2.76 bits per heavy atom. The van der Waals surface area contributed by atoms with E-state index in [0.29, 0.717) is 0 Å². The van der Waals surface area contributed by atoms with Gasteiger partial charge in [0.2, 0.25) is 0 Å². The van der Waals surface area contributed by atoms with Gasteiger partial charge in [-0.1, -0.05) is 54.1 Å². The summed E-state index contributed by atoms with van der Waals surface area (Å²) in [5.74, 6) is 0. The molecule has 0 amide bonds. The van der Waals surface area contributed by atoms with Gasteiger partial charge in [-0.15, -0.1) is 0 Å². The Kier molecular flexibility index (Phi) is 2.36. The first-order valence-electron chi connectivity index (χ1n) is 6.09. The summed E-state index contributed by atoms with van der Waals surface area (Å²) in [6.45, 7) is 4.34. The Morgan fingerprint density at radius 2 is 1.88 bits per heavy atom. The van der Waals surface area contributed by atoms with Crippen LogP contribution in [-0.2, 0) is 0 Å². The van der Waals surface area contributed by atoms with Crippen molar-refractivity contribution >= 4 is 12.2 Å². The van der Waals surface area contributed by atoms with E-state index in [9.17, 15) is 0 Å². The molecule has 0 spiro atoms. The molecule has 2 aliphatic rings. The number of rotatable bonds is 0. The zero-order valence-electron chi connectivity index (χ0n) is 10.3. The third kappa shape index (κ3) is 1.91. The Morgan fingerprint density at radius 1 is 1.00 bits per heavy atom. The molecule has 0 aliphatic heterocycles. The highest BCUT2D eigenvalue weighted by Gasteiger charge is 2.07. The second-order valence-electron chi connectivity index (χ2n) is 4.91. The zero-order chi connectivity index (χ0) is 11.8. The number of aryl methyl sites for hydroxylation is 1. The average Bonchev–Trinajstić information content (AvgIpc) is 2.57. The van der Waals surface area contributed by atoms with Crippen LogP contribution in [0, 0.1) is 6.92 Å². The smallest absolute Gasteiger partial charge is 0.00227 e. The van der Waals surface area contributed by atoms with Crippen molar-refractivity contribution < 1.29 is 0 Å². The minimum Gasteiger partial charge on any atom is -0.0617 e. The van der Waals surface area contributed by atoms with E-state index in [1.165, 1.54) is 32.7 Å². The Hall–Kier alpha value is -1.82.